The first-order valence-electron chi connectivity index (χ1n) is 14.3. The van der Waals surface area contributed by atoms with Gasteiger partial charge in [0.2, 0.25) is 0 Å². The Hall–Kier alpha value is -0.220. The van der Waals surface area contributed by atoms with Crippen molar-refractivity contribution >= 4 is 0 Å². The minimum Gasteiger partial charge on any atom is -0.388 e. The standard InChI is InChI=1S/C30H48F2O2/c1-18-16-26(6)21-9-8-20-19(2)30(31,32)15-14-28(20)17-29(21,28)13-12-25(26,5)23(18)27(7)11-10-22(34-27)24(3,4)33/h18-23,33H,8-17H2,1-7H3/t18?,19?,20?,21?,22?,23?,25?,26-,27?,28?,29?/m0/s1. The monoisotopic (exact) mass is 478 g/mol. The summed E-state index contributed by atoms with van der Waals surface area (Å²) in [4.78, 5) is 0. The summed E-state index contributed by atoms with van der Waals surface area (Å²) in [6, 6.07) is 0. The topological polar surface area (TPSA) is 29.5 Å². The summed E-state index contributed by atoms with van der Waals surface area (Å²) < 4.78 is 36.3. The molecule has 11 atom stereocenters. The van der Waals surface area contributed by atoms with Gasteiger partial charge in [-0.15, -0.1) is 0 Å². The van der Waals surface area contributed by atoms with E-state index in [1.807, 2.05) is 20.8 Å². The van der Waals surface area contributed by atoms with Gasteiger partial charge in [0, 0.05) is 12.3 Å². The SMILES string of the molecule is CC1C[C@@]2(C)C3CCC4C(C)C(F)(F)CCC45CC35CCC2(C)C1C1(C)CCC(C(C)(C)O)O1. The van der Waals surface area contributed by atoms with Gasteiger partial charge in [0.05, 0.1) is 17.3 Å². The molecule has 0 radical (unpaired) electrons. The van der Waals surface area contributed by atoms with Crippen molar-refractivity contribution in [3.05, 3.63) is 0 Å². The van der Waals surface area contributed by atoms with E-state index in [2.05, 4.69) is 27.7 Å². The quantitative estimate of drug-likeness (QED) is 0.442. The molecule has 6 fully saturated rings. The number of alkyl halides is 2. The number of rotatable bonds is 2. The van der Waals surface area contributed by atoms with Gasteiger partial charge in [-0.25, -0.2) is 8.78 Å². The third kappa shape index (κ3) is 2.64. The van der Waals surface area contributed by atoms with Gasteiger partial charge in [-0.2, -0.15) is 0 Å². The maximum absolute atomic E-state index is 14.7. The molecule has 34 heavy (non-hydrogen) atoms. The predicted octanol–water partition coefficient (Wildman–Crippen LogP) is 7.63. The molecule has 2 spiro atoms. The first kappa shape index (κ1) is 24.1. The fourth-order valence-electron chi connectivity index (χ4n) is 12.3. The minimum atomic E-state index is -2.47. The molecule has 6 rings (SSSR count). The van der Waals surface area contributed by atoms with Crippen molar-refractivity contribution in [3.63, 3.8) is 0 Å². The molecule has 0 aromatic heterocycles. The third-order valence-electron chi connectivity index (χ3n) is 13.7. The molecular weight excluding hydrogens is 430 g/mol. The predicted molar refractivity (Wildman–Crippen MR) is 131 cm³/mol. The number of aliphatic hydroxyl groups is 1. The summed E-state index contributed by atoms with van der Waals surface area (Å²) in [6.45, 7) is 15.6. The molecular formula is C30H48F2O2. The van der Waals surface area contributed by atoms with Gasteiger partial charge in [-0.05, 0) is 124 Å². The highest BCUT2D eigenvalue weighted by atomic mass is 19.3. The van der Waals surface area contributed by atoms with Crippen LogP contribution in [0.1, 0.15) is 113 Å². The van der Waals surface area contributed by atoms with Crippen LogP contribution in [0.25, 0.3) is 0 Å². The Morgan fingerprint density at radius 2 is 1.53 bits per heavy atom. The van der Waals surface area contributed by atoms with E-state index in [-0.39, 0.29) is 40.3 Å². The molecule has 1 aliphatic heterocycles. The zero-order valence-corrected chi connectivity index (χ0v) is 22.6. The van der Waals surface area contributed by atoms with Crippen molar-refractivity contribution in [1.29, 1.82) is 0 Å². The van der Waals surface area contributed by atoms with Gasteiger partial charge < -0.3 is 9.84 Å². The second-order valence-corrected chi connectivity index (χ2v) is 15.4. The lowest BCUT2D eigenvalue weighted by Gasteiger charge is -2.62. The number of hydrogen-bond acceptors (Lipinski definition) is 2. The Labute approximate surface area is 206 Å². The number of ether oxygens (including phenoxy) is 1. The third-order valence-corrected chi connectivity index (χ3v) is 13.7. The van der Waals surface area contributed by atoms with Crippen LogP contribution in [0, 0.1) is 51.2 Å². The Morgan fingerprint density at radius 1 is 0.853 bits per heavy atom. The van der Waals surface area contributed by atoms with Crippen LogP contribution < -0.4 is 0 Å². The van der Waals surface area contributed by atoms with Crippen molar-refractivity contribution in [2.45, 2.75) is 136 Å². The van der Waals surface area contributed by atoms with E-state index < -0.39 is 17.4 Å². The van der Waals surface area contributed by atoms with Crippen molar-refractivity contribution in [2.24, 2.45) is 51.2 Å². The van der Waals surface area contributed by atoms with Crippen molar-refractivity contribution in [1.82, 2.24) is 0 Å². The first-order valence-corrected chi connectivity index (χ1v) is 14.3. The Bertz CT molecular complexity index is 882. The molecule has 2 nitrogen and oxygen atoms in total. The molecule has 5 aliphatic carbocycles. The fourth-order valence-corrected chi connectivity index (χ4v) is 12.3. The van der Waals surface area contributed by atoms with Crippen LogP contribution in [0.3, 0.4) is 0 Å². The lowest BCUT2D eigenvalue weighted by molar-refractivity contribution is -0.197. The molecule has 0 amide bonds. The van der Waals surface area contributed by atoms with Gasteiger partial charge in [0.1, 0.15) is 0 Å². The Balaban J connectivity index is 1.33. The molecule has 1 heterocycles. The summed E-state index contributed by atoms with van der Waals surface area (Å²) in [6.07, 6.45) is 9.76. The highest BCUT2D eigenvalue weighted by Gasteiger charge is 2.83. The highest BCUT2D eigenvalue weighted by molar-refractivity contribution is 5.31. The van der Waals surface area contributed by atoms with E-state index >= 15 is 0 Å². The maximum atomic E-state index is 14.7. The van der Waals surface area contributed by atoms with Gasteiger partial charge in [0.15, 0.2) is 0 Å². The normalized spacial score (nSPS) is 60.2. The van der Waals surface area contributed by atoms with E-state index in [4.69, 9.17) is 4.74 Å². The van der Waals surface area contributed by atoms with Gasteiger partial charge >= 0.3 is 0 Å². The van der Waals surface area contributed by atoms with Crippen molar-refractivity contribution in [2.75, 3.05) is 0 Å². The van der Waals surface area contributed by atoms with Crippen LogP contribution in [0.2, 0.25) is 0 Å². The van der Waals surface area contributed by atoms with Crippen LogP contribution >= 0.6 is 0 Å². The number of halogens is 2. The first-order chi connectivity index (χ1) is 15.6. The second kappa shape index (κ2) is 6.61. The van der Waals surface area contributed by atoms with Crippen molar-refractivity contribution < 1.29 is 18.6 Å². The number of hydrogen-bond donors (Lipinski definition) is 1. The molecule has 194 valence electrons. The van der Waals surface area contributed by atoms with Crippen LogP contribution in [-0.4, -0.2) is 28.3 Å². The second-order valence-electron chi connectivity index (χ2n) is 15.4. The molecule has 6 aliphatic rings. The van der Waals surface area contributed by atoms with E-state index in [1.54, 1.807) is 0 Å². The molecule has 5 saturated carbocycles. The lowest BCUT2D eigenvalue weighted by atomic mass is 9.42. The molecule has 0 aromatic carbocycles. The van der Waals surface area contributed by atoms with E-state index in [9.17, 15) is 13.9 Å². The lowest BCUT2D eigenvalue weighted by Crippen LogP contribution is -2.58. The summed E-state index contributed by atoms with van der Waals surface area (Å²) in [5, 5.41) is 10.7. The summed E-state index contributed by atoms with van der Waals surface area (Å²) in [7, 11) is 0. The van der Waals surface area contributed by atoms with Crippen LogP contribution in [0.4, 0.5) is 8.78 Å². The molecule has 10 unspecified atom stereocenters. The number of fused-ring (bicyclic) bond motifs is 2. The van der Waals surface area contributed by atoms with Crippen LogP contribution in [-0.2, 0) is 4.74 Å². The molecule has 0 bridgehead atoms. The van der Waals surface area contributed by atoms with Gasteiger partial charge in [-0.1, -0.05) is 27.7 Å². The zero-order chi connectivity index (χ0) is 24.7. The molecule has 1 N–H and O–H groups in total. The molecule has 1 saturated heterocycles. The molecule has 4 heteroatoms. The summed E-state index contributed by atoms with van der Waals surface area (Å²) >= 11 is 0. The zero-order valence-electron chi connectivity index (χ0n) is 22.6. The molecule has 0 aromatic rings. The highest BCUT2D eigenvalue weighted by Crippen LogP contribution is 2.89. The van der Waals surface area contributed by atoms with Crippen LogP contribution in [0.15, 0.2) is 0 Å². The van der Waals surface area contributed by atoms with E-state index in [0.717, 1.165) is 32.1 Å². The average molecular weight is 479 g/mol. The largest absolute Gasteiger partial charge is 0.388 e. The Morgan fingerprint density at radius 3 is 2.18 bits per heavy atom. The smallest absolute Gasteiger partial charge is 0.250 e. The van der Waals surface area contributed by atoms with Gasteiger partial charge in [0.25, 0.3) is 5.92 Å². The summed E-state index contributed by atoms with van der Waals surface area (Å²) in [5.41, 5.74) is -0.0441. The van der Waals surface area contributed by atoms with Crippen LogP contribution in [0.5, 0.6) is 0 Å². The van der Waals surface area contributed by atoms with Gasteiger partial charge in [-0.3, -0.25) is 0 Å². The van der Waals surface area contributed by atoms with Crippen molar-refractivity contribution in [3.8, 4) is 0 Å². The van der Waals surface area contributed by atoms with E-state index in [0.29, 0.717) is 23.2 Å². The maximum Gasteiger partial charge on any atom is 0.250 e. The average Bonchev–Trinajstić information content (AvgIpc) is 3.12. The Kier molecular flexibility index (Phi) is 4.69. The fraction of sp³-hybridized carbons (Fsp3) is 1.00. The summed E-state index contributed by atoms with van der Waals surface area (Å²) in [5.74, 6) is -0.982. The van der Waals surface area contributed by atoms with E-state index in [1.165, 1.54) is 25.7 Å². The minimum absolute atomic E-state index is 0.0948.